The number of nitrogens with one attached hydrogen (secondary N) is 2. The van der Waals surface area contributed by atoms with Gasteiger partial charge in [0.1, 0.15) is 22.5 Å². The van der Waals surface area contributed by atoms with Crippen molar-refractivity contribution in [1.82, 2.24) is 20.5 Å². The molecule has 4 heterocycles. The van der Waals surface area contributed by atoms with Gasteiger partial charge in [-0.3, -0.25) is 14.5 Å². The summed E-state index contributed by atoms with van der Waals surface area (Å²) in [6.07, 6.45) is -1.99. The van der Waals surface area contributed by atoms with Crippen LogP contribution in [-0.2, 0) is 34.7 Å². The SMILES string of the molecule is CCOc1ncccc1C1(NC(=O)C2CCC3(CC2)CCN(C2CCNCC2)CC3OC(=O)C(F)(F)F)C(=O)N(S(=O)(=O)c2ccc(OC)cc2OC)c2ccc(C#N)cc21. The second-order valence-corrected chi connectivity index (χ2v) is 17.5. The molecular formula is C42H47F3N6O9S. The first-order valence-corrected chi connectivity index (χ1v) is 21.6. The second-order valence-electron chi connectivity index (χ2n) is 15.7. The maximum absolute atomic E-state index is 15.4. The summed E-state index contributed by atoms with van der Waals surface area (Å²) in [5, 5.41) is 16.2. The van der Waals surface area contributed by atoms with E-state index in [0.29, 0.717) is 17.3 Å². The molecule has 19 heteroatoms. The number of fused-ring (bicyclic) bond motifs is 1. The highest BCUT2D eigenvalue weighted by atomic mass is 32.2. The largest absolute Gasteiger partial charge is 0.497 e. The lowest BCUT2D eigenvalue weighted by molar-refractivity contribution is -0.217. The Morgan fingerprint density at radius 2 is 1.75 bits per heavy atom. The quantitative estimate of drug-likeness (QED) is 0.255. The maximum atomic E-state index is 15.4. The van der Waals surface area contributed by atoms with E-state index in [2.05, 4.69) is 20.5 Å². The van der Waals surface area contributed by atoms with Crippen molar-refractivity contribution in [2.24, 2.45) is 11.3 Å². The summed E-state index contributed by atoms with van der Waals surface area (Å²) in [5.41, 5.74) is -3.28. The highest BCUT2D eigenvalue weighted by Crippen LogP contribution is 2.52. The number of carbonyl (C=O) groups is 3. The van der Waals surface area contributed by atoms with Gasteiger partial charge >= 0.3 is 12.1 Å². The fourth-order valence-electron chi connectivity index (χ4n) is 9.36. The number of anilines is 1. The first kappa shape index (κ1) is 43.6. The summed E-state index contributed by atoms with van der Waals surface area (Å²) >= 11 is 0. The molecular weight excluding hydrogens is 822 g/mol. The molecule has 3 aromatic rings. The molecule has 1 aromatic heterocycles. The van der Waals surface area contributed by atoms with Gasteiger partial charge in [0.05, 0.1) is 43.7 Å². The molecule has 7 rings (SSSR count). The van der Waals surface area contributed by atoms with Gasteiger partial charge in [-0.25, -0.2) is 18.2 Å². The molecule has 4 aliphatic rings. The molecule has 1 aliphatic carbocycles. The molecule has 326 valence electrons. The zero-order chi connectivity index (χ0) is 43.7. The number of sulfonamides is 1. The molecule has 1 saturated carbocycles. The number of nitriles is 1. The normalized spacial score (nSPS) is 24.7. The van der Waals surface area contributed by atoms with E-state index in [1.807, 2.05) is 6.07 Å². The van der Waals surface area contributed by atoms with Crippen LogP contribution in [-0.4, -0.2) is 101 Å². The lowest BCUT2D eigenvalue weighted by Gasteiger charge is -2.52. The maximum Gasteiger partial charge on any atom is 0.490 e. The highest BCUT2D eigenvalue weighted by Gasteiger charge is 2.60. The molecule has 0 radical (unpaired) electrons. The van der Waals surface area contributed by atoms with Crippen molar-refractivity contribution < 1.29 is 54.9 Å². The Hall–Kier alpha value is -5.45. The third-order valence-electron chi connectivity index (χ3n) is 12.5. The van der Waals surface area contributed by atoms with Gasteiger partial charge < -0.3 is 29.6 Å². The number of aromatic nitrogens is 1. The summed E-state index contributed by atoms with van der Waals surface area (Å²) in [6, 6.07) is 13.1. The molecule has 2 aromatic carbocycles. The fraction of sp³-hybridized carbons (Fsp3) is 0.500. The number of halogens is 3. The Morgan fingerprint density at radius 1 is 1.02 bits per heavy atom. The third-order valence-corrected chi connectivity index (χ3v) is 14.3. The van der Waals surface area contributed by atoms with Crippen molar-refractivity contribution in [1.29, 1.82) is 5.26 Å². The number of hydrogen-bond donors (Lipinski definition) is 2. The van der Waals surface area contributed by atoms with E-state index in [1.165, 1.54) is 68.9 Å². The lowest BCUT2D eigenvalue weighted by atomic mass is 9.63. The van der Waals surface area contributed by atoms with Crippen LogP contribution < -0.4 is 29.1 Å². The van der Waals surface area contributed by atoms with Gasteiger partial charge in [-0.2, -0.15) is 22.7 Å². The van der Waals surface area contributed by atoms with Gasteiger partial charge in [0.15, 0.2) is 5.54 Å². The average molecular weight is 869 g/mol. The number of piperidine rings is 2. The number of pyridine rings is 1. The minimum absolute atomic E-state index is 0.00243. The van der Waals surface area contributed by atoms with Crippen molar-refractivity contribution in [2.75, 3.05) is 51.3 Å². The molecule has 2 unspecified atom stereocenters. The Balaban J connectivity index is 1.26. The first-order valence-electron chi connectivity index (χ1n) is 20.1. The molecule has 2 amide bonds. The van der Waals surface area contributed by atoms with E-state index < -0.39 is 57.0 Å². The van der Waals surface area contributed by atoms with E-state index in [0.717, 1.165) is 25.9 Å². The van der Waals surface area contributed by atoms with Crippen LogP contribution >= 0.6 is 0 Å². The fourth-order valence-corrected chi connectivity index (χ4v) is 11.0. The number of nitrogens with zero attached hydrogens (tertiary/aromatic N) is 4. The first-order chi connectivity index (χ1) is 29.1. The molecule has 0 bridgehead atoms. The molecule has 2 atom stereocenters. The van der Waals surface area contributed by atoms with E-state index >= 15 is 4.79 Å². The minimum Gasteiger partial charge on any atom is -0.497 e. The number of likely N-dealkylation sites (tertiary alicyclic amines) is 1. The predicted molar refractivity (Wildman–Crippen MR) is 212 cm³/mol. The zero-order valence-corrected chi connectivity index (χ0v) is 34.7. The number of hydrogen-bond acceptors (Lipinski definition) is 13. The summed E-state index contributed by atoms with van der Waals surface area (Å²) in [4.78, 5) is 48.5. The van der Waals surface area contributed by atoms with Crippen molar-refractivity contribution >= 4 is 33.5 Å². The molecule has 2 N–H and O–H groups in total. The summed E-state index contributed by atoms with van der Waals surface area (Å²) in [6.45, 7) is 4.02. The summed E-state index contributed by atoms with van der Waals surface area (Å²) in [7, 11) is -2.18. The van der Waals surface area contributed by atoms with E-state index in [1.54, 1.807) is 6.92 Å². The van der Waals surface area contributed by atoms with E-state index in [-0.39, 0.29) is 89.5 Å². The molecule has 2 saturated heterocycles. The Labute approximate surface area is 351 Å². The minimum atomic E-state index is -5.19. The van der Waals surface area contributed by atoms with Crippen LogP contribution in [0.4, 0.5) is 18.9 Å². The van der Waals surface area contributed by atoms with Gasteiger partial charge in [-0.1, -0.05) is 0 Å². The van der Waals surface area contributed by atoms with Gasteiger partial charge in [0.25, 0.3) is 15.9 Å². The van der Waals surface area contributed by atoms with Crippen LogP contribution in [0.15, 0.2) is 59.6 Å². The highest BCUT2D eigenvalue weighted by molar-refractivity contribution is 7.93. The van der Waals surface area contributed by atoms with Crippen LogP contribution in [0.25, 0.3) is 0 Å². The molecule has 61 heavy (non-hydrogen) atoms. The van der Waals surface area contributed by atoms with Gasteiger partial charge in [-0.15, -0.1) is 0 Å². The number of methoxy groups -OCH3 is 2. The van der Waals surface area contributed by atoms with E-state index in [9.17, 15) is 36.4 Å². The molecule has 15 nitrogen and oxygen atoms in total. The predicted octanol–water partition coefficient (Wildman–Crippen LogP) is 4.57. The van der Waals surface area contributed by atoms with Crippen LogP contribution in [0.2, 0.25) is 0 Å². The number of alkyl halides is 3. The van der Waals surface area contributed by atoms with Crippen molar-refractivity contribution in [3.63, 3.8) is 0 Å². The van der Waals surface area contributed by atoms with Crippen LogP contribution in [0, 0.1) is 22.7 Å². The monoisotopic (exact) mass is 868 g/mol. The van der Waals surface area contributed by atoms with Crippen molar-refractivity contribution in [3.8, 4) is 23.4 Å². The van der Waals surface area contributed by atoms with E-state index in [4.69, 9.17) is 18.9 Å². The van der Waals surface area contributed by atoms with Crippen LogP contribution in [0.5, 0.6) is 17.4 Å². The van der Waals surface area contributed by atoms with Gasteiger partial charge in [-0.05, 0) is 114 Å². The lowest BCUT2D eigenvalue weighted by Crippen LogP contribution is -2.59. The smallest absolute Gasteiger partial charge is 0.490 e. The molecule has 3 aliphatic heterocycles. The standard InChI is InChI=1S/C42H47F3N6O9S/c1-4-59-37-30(6-5-18-48-37)41(31-22-26(24-46)7-9-32(31)51(38(41)53)61(55,56)34-10-8-29(57-2)23-33(34)58-3)49-36(52)27-11-15-40(16-12-27)17-21-50(28-13-19-47-20-14-28)25-35(40)60-39(54)42(43,44)45/h5-10,18,22-23,27-28,35,47H,4,11-17,19-21,25H2,1-3H3,(H,49,52). The Kier molecular flexibility index (Phi) is 12.3. The number of amides is 2. The number of esters is 1. The third kappa shape index (κ3) is 7.96. The van der Waals surface area contributed by atoms with Crippen LogP contribution in [0.1, 0.15) is 68.6 Å². The van der Waals surface area contributed by atoms with Crippen molar-refractivity contribution in [3.05, 3.63) is 71.4 Å². The van der Waals surface area contributed by atoms with Gasteiger partial charge in [0.2, 0.25) is 11.8 Å². The van der Waals surface area contributed by atoms with Crippen LogP contribution in [0.3, 0.4) is 0 Å². The number of benzene rings is 2. The molecule has 1 spiro atoms. The Morgan fingerprint density at radius 3 is 2.41 bits per heavy atom. The number of carbonyl (C=O) groups excluding carboxylic acids is 3. The average Bonchev–Trinajstić information content (AvgIpc) is 3.51. The van der Waals surface area contributed by atoms with Gasteiger partial charge in [0, 0.05) is 41.7 Å². The number of rotatable bonds is 11. The summed E-state index contributed by atoms with van der Waals surface area (Å²) in [5.74, 6) is -4.75. The summed E-state index contributed by atoms with van der Waals surface area (Å²) < 4.78 is 92.8. The second kappa shape index (κ2) is 17.1. The topological polar surface area (TPSA) is 189 Å². The molecule has 3 fully saturated rings. The number of ether oxygens (including phenoxy) is 4. The van der Waals surface area contributed by atoms with Crippen molar-refractivity contribution in [2.45, 2.75) is 80.6 Å². The zero-order valence-electron chi connectivity index (χ0n) is 33.9. The Bertz CT molecular complexity index is 2330.